The van der Waals surface area contributed by atoms with Gasteiger partial charge in [-0.15, -0.1) is 11.3 Å². The second kappa shape index (κ2) is 8.41. The summed E-state index contributed by atoms with van der Waals surface area (Å²) in [6.45, 7) is 0.502. The van der Waals surface area contributed by atoms with E-state index in [9.17, 15) is 4.79 Å². The Labute approximate surface area is 146 Å². The van der Waals surface area contributed by atoms with Crippen molar-refractivity contribution in [3.8, 4) is 11.3 Å². The van der Waals surface area contributed by atoms with E-state index in [0.717, 1.165) is 29.1 Å². The Balaban J connectivity index is 1.42. The number of aromatic nitrogens is 1. The molecule has 1 aromatic heterocycles. The van der Waals surface area contributed by atoms with Gasteiger partial charge in [-0.1, -0.05) is 60.7 Å². The number of amides is 1. The second-order valence-corrected chi connectivity index (χ2v) is 6.55. The van der Waals surface area contributed by atoms with Crippen LogP contribution in [0.3, 0.4) is 0 Å². The number of thiazole rings is 1. The summed E-state index contributed by atoms with van der Waals surface area (Å²) in [5.74, 6) is 0.0855. The third-order valence-corrected chi connectivity index (χ3v) is 4.62. The van der Waals surface area contributed by atoms with Crippen molar-refractivity contribution >= 4 is 17.2 Å². The Morgan fingerprint density at radius 3 is 2.46 bits per heavy atom. The van der Waals surface area contributed by atoms with Crippen LogP contribution in [0.2, 0.25) is 0 Å². The van der Waals surface area contributed by atoms with E-state index >= 15 is 0 Å². The summed E-state index contributed by atoms with van der Waals surface area (Å²) in [6.07, 6.45) is 2.35. The molecule has 3 nitrogen and oxygen atoms in total. The summed E-state index contributed by atoms with van der Waals surface area (Å²) in [6, 6.07) is 20.3. The van der Waals surface area contributed by atoms with Gasteiger partial charge in [0.25, 0.3) is 0 Å². The predicted molar refractivity (Wildman–Crippen MR) is 98.8 cm³/mol. The van der Waals surface area contributed by atoms with Gasteiger partial charge >= 0.3 is 0 Å². The van der Waals surface area contributed by atoms with Crippen molar-refractivity contribution in [3.05, 3.63) is 76.6 Å². The van der Waals surface area contributed by atoms with Gasteiger partial charge in [0.2, 0.25) is 5.91 Å². The smallest absolute Gasteiger partial charge is 0.220 e. The minimum atomic E-state index is 0.0855. The average Bonchev–Trinajstić information content (AvgIpc) is 3.11. The molecule has 1 amide bonds. The molecule has 0 bridgehead atoms. The van der Waals surface area contributed by atoms with Crippen molar-refractivity contribution in [2.24, 2.45) is 0 Å². The van der Waals surface area contributed by atoms with Crippen LogP contribution in [0, 0.1) is 0 Å². The molecule has 0 spiro atoms. The molecule has 0 radical (unpaired) electrons. The van der Waals surface area contributed by atoms with Crippen molar-refractivity contribution in [3.63, 3.8) is 0 Å². The Morgan fingerprint density at radius 1 is 1.00 bits per heavy atom. The second-order valence-electron chi connectivity index (χ2n) is 5.61. The molecule has 0 saturated heterocycles. The zero-order chi connectivity index (χ0) is 16.6. The maximum absolute atomic E-state index is 11.9. The Morgan fingerprint density at radius 2 is 1.71 bits per heavy atom. The van der Waals surface area contributed by atoms with Crippen molar-refractivity contribution in [1.82, 2.24) is 10.3 Å². The largest absolute Gasteiger partial charge is 0.350 e. The van der Waals surface area contributed by atoms with Crippen LogP contribution in [0.1, 0.15) is 23.4 Å². The van der Waals surface area contributed by atoms with Crippen molar-refractivity contribution < 1.29 is 4.79 Å². The number of hydrogen-bond acceptors (Lipinski definition) is 3. The average molecular weight is 336 g/mol. The first kappa shape index (κ1) is 16.4. The maximum atomic E-state index is 11.9. The minimum Gasteiger partial charge on any atom is -0.350 e. The molecular formula is C20H20N2OS. The number of rotatable bonds is 7. The molecule has 3 rings (SSSR count). The van der Waals surface area contributed by atoms with E-state index in [1.807, 2.05) is 53.9 Å². The molecule has 122 valence electrons. The lowest BCUT2D eigenvalue weighted by molar-refractivity contribution is -0.121. The molecule has 0 atom stereocenters. The van der Waals surface area contributed by atoms with E-state index in [1.165, 1.54) is 5.56 Å². The molecule has 1 N–H and O–H groups in total. The number of aryl methyl sites for hydroxylation is 1. The number of nitrogens with one attached hydrogen (secondary N) is 1. The number of carbonyl (C=O) groups is 1. The summed E-state index contributed by atoms with van der Waals surface area (Å²) in [4.78, 5) is 16.5. The highest BCUT2D eigenvalue weighted by molar-refractivity contribution is 7.09. The molecule has 0 unspecified atom stereocenters. The van der Waals surface area contributed by atoms with Gasteiger partial charge in [0.1, 0.15) is 5.01 Å². The van der Waals surface area contributed by atoms with E-state index in [2.05, 4.69) is 22.4 Å². The zero-order valence-corrected chi connectivity index (χ0v) is 14.3. The summed E-state index contributed by atoms with van der Waals surface area (Å²) < 4.78 is 0. The Bertz CT molecular complexity index is 769. The van der Waals surface area contributed by atoms with Crippen LogP contribution in [0.5, 0.6) is 0 Å². The third-order valence-electron chi connectivity index (χ3n) is 3.77. The molecule has 0 fully saturated rings. The summed E-state index contributed by atoms with van der Waals surface area (Å²) in [5, 5.41) is 5.93. The van der Waals surface area contributed by atoms with Crippen LogP contribution in [0.25, 0.3) is 11.3 Å². The number of benzene rings is 2. The molecule has 24 heavy (non-hydrogen) atoms. The van der Waals surface area contributed by atoms with Crippen molar-refractivity contribution in [1.29, 1.82) is 0 Å². The zero-order valence-electron chi connectivity index (χ0n) is 13.4. The predicted octanol–water partition coefficient (Wildman–Crippen LogP) is 4.45. The highest BCUT2D eigenvalue weighted by Gasteiger charge is 2.06. The lowest BCUT2D eigenvalue weighted by atomic mass is 10.1. The molecule has 3 aromatic rings. The van der Waals surface area contributed by atoms with E-state index in [-0.39, 0.29) is 5.91 Å². The fourth-order valence-electron chi connectivity index (χ4n) is 2.49. The van der Waals surface area contributed by atoms with E-state index in [1.54, 1.807) is 11.3 Å². The van der Waals surface area contributed by atoms with Crippen LogP contribution in [-0.4, -0.2) is 10.9 Å². The van der Waals surface area contributed by atoms with Crippen LogP contribution in [-0.2, 0) is 17.8 Å². The number of hydrogen-bond donors (Lipinski definition) is 1. The molecule has 0 aliphatic heterocycles. The number of carbonyl (C=O) groups excluding carboxylic acids is 1. The van der Waals surface area contributed by atoms with Gasteiger partial charge in [0, 0.05) is 17.4 Å². The molecule has 1 heterocycles. The van der Waals surface area contributed by atoms with Gasteiger partial charge in [-0.2, -0.15) is 0 Å². The Hall–Kier alpha value is -2.46. The fraction of sp³-hybridized carbons (Fsp3) is 0.200. The first-order valence-electron chi connectivity index (χ1n) is 8.12. The molecule has 0 aliphatic rings. The molecule has 0 saturated carbocycles. The van der Waals surface area contributed by atoms with Crippen molar-refractivity contribution in [2.75, 3.05) is 0 Å². The maximum Gasteiger partial charge on any atom is 0.220 e. The van der Waals surface area contributed by atoms with Gasteiger partial charge in [-0.25, -0.2) is 4.98 Å². The number of nitrogens with zero attached hydrogens (tertiary/aromatic N) is 1. The highest BCUT2D eigenvalue weighted by Crippen LogP contribution is 2.21. The summed E-state index contributed by atoms with van der Waals surface area (Å²) in [5.41, 5.74) is 3.35. The van der Waals surface area contributed by atoms with Crippen LogP contribution in [0.4, 0.5) is 0 Å². The van der Waals surface area contributed by atoms with E-state index in [4.69, 9.17) is 0 Å². The quantitative estimate of drug-likeness (QED) is 0.692. The summed E-state index contributed by atoms with van der Waals surface area (Å²) >= 11 is 1.58. The molecule has 2 aromatic carbocycles. The standard InChI is InChI=1S/C20H20N2OS/c23-19(13-7-10-16-8-3-1-4-9-16)21-14-20-22-18(15-24-20)17-11-5-2-6-12-17/h1-6,8-9,11-12,15H,7,10,13-14H2,(H,21,23). The van der Waals surface area contributed by atoms with Gasteiger partial charge in [0.05, 0.1) is 12.2 Å². The van der Waals surface area contributed by atoms with Crippen molar-refractivity contribution in [2.45, 2.75) is 25.8 Å². The first-order valence-corrected chi connectivity index (χ1v) is 9.00. The normalized spacial score (nSPS) is 10.5. The highest BCUT2D eigenvalue weighted by atomic mass is 32.1. The lowest BCUT2D eigenvalue weighted by Crippen LogP contribution is -2.22. The lowest BCUT2D eigenvalue weighted by Gasteiger charge is -2.03. The van der Waals surface area contributed by atoms with Crippen LogP contribution in [0.15, 0.2) is 66.0 Å². The molecule has 4 heteroatoms. The SMILES string of the molecule is O=C(CCCc1ccccc1)NCc1nc(-c2ccccc2)cs1. The van der Waals surface area contributed by atoms with Gasteiger partial charge in [-0.05, 0) is 18.4 Å². The molecule has 0 aliphatic carbocycles. The van der Waals surface area contributed by atoms with Gasteiger partial charge in [-0.3, -0.25) is 4.79 Å². The monoisotopic (exact) mass is 336 g/mol. The van der Waals surface area contributed by atoms with E-state index < -0.39 is 0 Å². The molecular weight excluding hydrogens is 316 g/mol. The first-order chi connectivity index (χ1) is 11.8. The topological polar surface area (TPSA) is 42.0 Å². The fourth-order valence-corrected chi connectivity index (χ4v) is 3.24. The van der Waals surface area contributed by atoms with Crippen LogP contribution >= 0.6 is 11.3 Å². The summed E-state index contributed by atoms with van der Waals surface area (Å²) in [7, 11) is 0. The van der Waals surface area contributed by atoms with Crippen LogP contribution < -0.4 is 5.32 Å². The van der Waals surface area contributed by atoms with E-state index in [0.29, 0.717) is 13.0 Å². The van der Waals surface area contributed by atoms with Gasteiger partial charge in [0.15, 0.2) is 0 Å². The van der Waals surface area contributed by atoms with Gasteiger partial charge < -0.3 is 5.32 Å². The minimum absolute atomic E-state index is 0.0855. The third kappa shape index (κ3) is 4.77. The Kier molecular flexibility index (Phi) is 5.75.